The lowest BCUT2D eigenvalue weighted by Crippen LogP contribution is -2.29. The van der Waals surface area contributed by atoms with E-state index in [1.54, 1.807) is 6.07 Å². The molecule has 1 N–H and O–H groups in total. The number of imide groups is 1. The van der Waals surface area contributed by atoms with E-state index in [2.05, 4.69) is 10.2 Å². The molecule has 2 aliphatic heterocycles. The topological polar surface area (TPSA) is 49.4 Å². The number of amides is 2. The van der Waals surface area contributed by atoms with Crippen LogP contribution in [0.5, 0.6) is 0 Å². The summed E-state index contributed by atoms with van der Waals surface area (Å²) in [5.74, 6) is -0.556. The lowest BCUT2D eigenvalue weighted by molar-refractivity contribution is 0.0879. The Bertz CT molecular complexity index is 490. The first-order chi connectivity index (χ1) is 8.25. The minimum Gasteiger partial charge on any atom is -0.372 e. The van der Waals surface area contributed by atoms with Gasteiger partial charge in [-0.2, -0.15) is 0 Å². The average molecular weight is 230 g/mol. The summed E-state index contributed by atoms with van der Waals surface area (Å²) in [5, 5.41) is 2.32. The molecule has 2 heterocycles. The van der Waals surface area contributed by atoms with Gasteiger partial charge in [0, 0.05) is 18.8 Å². The van der Waals surface area contributed by atoms with Crippen LogP contribution in [-0.2, 0) is 0 Å². The van der Waals surface area contributed by atoms with Gasteiger partial charge >= 0.3 is 0 Å². The Morgan fingerprint density at radius 1 is 0.941 bits per heavy atom. The zero-order valence-electron chi connectivity index (χ0n) is 9.53. The number of hydrogen-bond donors (Lipinski definition) is 1. The van der Waals surface area contributed by atoms with Crippen molar-refractivity contribution in [1.29, 1.82) is 0 Å². The number of benzene rings is 1. The lowest BCUT2D eigenvalue weighted by atomic mass is 10.1. The second kappa shape index (κ2) is 3.87. The van der Waals surface area contributed by atoms with Gasteiger partial charge in [0.05, 0.1) is 11.1 Å². The fraction of sp³-hybridized carbons (Fsp3) is 0.385. The highest BCUT2D eigenvalue weighted by Crippen LogP contribution is 2.25. The molecule has 0 atom stereocenters. The van der Waals surface area contributed by atoms with Crippen molar-refractivity contribution >= 4 is 17.5 Å². The molecule has 4 heteroatoms. The lowest BCUT2D eigenvalue weighted by Gasteiger charge is -2.29. The Kier molecular flexibility index (Phi) is 2.35. The quantitative estimate of drug-likeness (QED) is 0.745. The number of hydrogen-bond acceptors (Lipinski definition) is 3. The minimum atomic E-state index is -0.282. The van der Waals surface area contributed by atoms with Crippen molar-refractivity contribution in [2.75, 3.05) is 18.0 Å². The molecule has 2 amide bonds. The largest absolute Gasteiger partial charge is 0.372 e. The zero-order valence-corrected chi connectivity index (χ0v) is 9.53. The molecule has 0 spiro atoms. The number of fused-ring (bicyclic) bond motifs is 1. The number of anilines is 1. The van der Waals surface area contributed by atoms with Gasteiger partial charge in [-0.1, -0.05) is 0 Å². The highest BCUT2D eigenvalue weighted by Gasteiger charge is 2.27. The van der Waals surface area contributed by atoms with Crippen molar-refractivity contribution in [1.82, 2.24) is 5.32 Å². The molecule has 1 aromatic rings. The second-order valence-electron chi connectivity index (χ2n) is 4.56. The molecule has 0 radical (unpaired) electrons. The van der Waals surface area contributed by atoms with Crippen molar-refractivity contribution in [3.05, 3.63) is 29.3 Å². The Balaban J connectivity index is 1.95. The summed E-state index contributed by atoms with van der Waals surface area (Å²) in [6.07, 6.45) is 3.67. The number of piperidine rings is 1. The van der Waals surface area contributed by atoms with Crippen LogP contribution in [0.4, 0.5) is 5.69 Å². The number of nitrogens with one attached hydrogen (secondary N) is 1. The van der Waals surface area contributed by atoms with Crippen LogP contribution in [0.1, 0.15) is 40.0 Å². The van der Waals surface area contributed by atoms with Crippen LogP contribution >= 0.6 is 0 Å². The number of rotatable bonds is 1. The van der Waals surface area contributed by atoms with E-state index in [9.17, 15) is 9.59 Å². The van der Waals surface area contributed by atoms with Gasteiger partial charge in [-0.25, -0.2) is 0 Å². The number of carbonyl (C=O) groups excluding carboxylic acids is 2. The predicted molar refractivity (Wildman–Crippen MR) is 64.3 cm³/mol. The van der Waals surface area contributed by atoms with Crippen molar-refractivity contribution in [2.45, 2.75) is 19.3 Å². The maximum atomic E-state index is 11.6. The van der Waals surface area contributed by atoms with Gasteiger partial charge in [0.2, 0.25) is 0 Å². The van der Waals surface area contributed by atoms with Crippen molar-refractivity contribution in [3.8, 4) is 0 Å². The molecule has 3 rings (SSSR count). The van der Waals surface area contributed by atoms with E-state index < -0.39 is 0 Å². The van der Waals surface area contributed by atoms with Crippen LogP contribution in [0.3, 0.4) is 0 Å². The molecular formula is C13H14N2O2. The van der Waals surface area contributed by atoms with Gasteiger partial charge in [0.15, 0.2) is 0 Å². The van der Waals surface area contributed by atoms with Gasteiger partial charge in [-0.05, 0) is 37.5 Å². The van der Waals surface area contributed by atoms with E-state index in [1.807, 2.05) is 12.1 Å². The molecule has 0 saturated carbocycles. The smallest absolute Gasteiger partial charge is 0.259 e. The minimum absolute atomic E-state index is 0.274. The Morgan fingerprint density at radius 2 is 1.65 bits per heavy atom. The van der Waals surface area contributed by atoms with Crippen molar-refractivity contribution < 1.29 is 9.59 Å². The first-order valence-corrected chi connectivity index (χ1v) is 6.00. The van der Waals surface area contributed by atoms with Crippen LogP contribution in [-0.4, -0.2) is 24.9 Å². The SMILES string of the molecule is O=C1NC(=O)c2cc(N3CCCCC3)ccc21. The highest BCUT2D eigenvalue weighted by atomic mass is 16.2. The molecule has 0 aromatic heterocycles. The number of carbonyl (C=O) groups is 2. The Morgan fingerprint density at radius 3 is 2.41 bits per heavy atom. The van der Waals surface area contributed by atoms with Crippen molar-refractivity contribution in [3.63, 3.8) is 0 Å². The fourth-order valence-electron chi connectivity index (χ4n) is 2.50. The van der Waals surface area contributed by atoms with E-state index in [0.717, 1.165) is 18.8 Å². The summed E-state index contributed by atoms with van der Waals surface area (Å²) in [4.78, 5) is 25.3. The van der Waals surface area contributed by atoms with Crippen LogP contribution in [0.2, 0.25) is 0 Å². The van der Waals surface area contributed by atoms with E-state index in [0.29, 0.717) is 11.1 Å². The van der Waals surface area contributed by atoms with Crippen LogP contribution in [0.25, 0.3) is 0 Å². The molecule has 2 aliphatic rings. The fourth-order valence-corrected chi connectivity index (χ4v) is 2.50. The Labute approximate surface area is 99.6 Å². The normalized spacial score (nSPS) is 19.2. The molecule has 88 valence electrons. The molecule has 1 fully saturated rings. The summed E-state index contributed by atoms with van der Waals surface area (Å²) < 4.78 is 0. The van der Waals surface area contributed by atoms with Crippen molar-refractivity contribution in [2.24, 2.45) is 0 Å². The first-order valence-electron chi connectivity index (χ1n) is 6.00. The molecule has 0 aliphatic carbocycles. The molecule has 17 heavy (non-hydrogen) atoms. The predicted octanol–water partition coefficient (Wildman–Crippen LogP) is 1.56. The van der Waals surface area contributed by atoms with E-state index >= 15 is 0 Å². The van der Waals surface area contributed by atoms with Crippen LogP contribution in [0.15, 0.2) is 18.2 Å². The molecular weight excluding hydrogens is 216 g/mol. The first kappa shape index (κ1) is 10.3. The Hall–Kier alpha value is -1.84. The summed E-state index contributed by atoms with van der Waals surface area (Å²) in [6, 6.07) is 5.52. The summed E-state index contributed by atoms with van der Waals surface area (Å²) in [7, 11) is 0. The monoisotopic (exact) mass is 230 g/mol. The highest BCUT2D eigenvalue weighted by molar-refractivity contribution is 6.21. The standard InChI is InChI=1S/C13H14N2O2/c16-12-10-5-4-9(8-11(10)13(17)14-12)15-6-2-1-3-7-15/h4-5,8H,1-3,6-7H2,(H,14,16,17). The van der Waals surface area contributed by atoms with E-state index in [-0.39, 0.29) is 11.8 Å². The van der Waals surface area contributed by atoms with Gasteiger partial charge in [-0.15, -0.1) is 0 Å². The maximum Gasteiger partial charge on any atom is 0.259 e. The second-order valence-corrected chi connectivity index (χ2v) is 4.56. The molecule has 1 aromatic carbocycles. The average Bonchev–Trinajstić information content (AvgIpc) is 2.66. The molecule has 1 saturated heterocycles. The van der Waals surface area contributed by atoms with Gasteiger partial charge in [0.25, 0.3) is 11.8 Å². The summed E-state index contributed by atoms with van der Waals surface area (Å²) >= 11 is 0. The third kappa shape index (κ3) is 1.69. The third-order valence-electron chi connectivity index (χ3n) is 3.44. The van der Waals surface area contributed by atoms with Crippen LogP contribution < -0.4 is 10.2 Å². The van der Waals surface area contributed by atoms with E-state index in [1.165, 1.54) is 19.3 Å². The van der Waals surface area contributed by atoms with Gasteiger partial charge in [-0.3, -0.25) is 14.9 Å². The molecule has 4 nitrogen and oxygen atoms in total. The van der Waals surface area contributed by atoms with Gasteiger partial charge in [0.1, 0.15) is 0 Å². The third-order valence-corrected chi connectivity index (χ3v) is 3.44. The molecule has 0 bridgehead atoms. The summed E-state index contributed by atoms with van der Waals surface area (Å²) in [6.45, 7) is 2.07. The van der Waals surface area contributed by atoms with Gasteiger partial charge < -0.3 is 4.90 Å². The van der Waals surface area contributed by atoms with E-state index in [4.69, 9.17) is 0 Å². The maximum absolute atomic E-state index is 11.6. The van der Waals surface area contributed by atoms with Crippen LogP contribution in [0, 0.1) is 0 Å². The number of nitrogens with zero attached hydrogens (tertiary/aromatic N) is 1. The summed E-state index contributed by atoms with van der Waals surface area (Å²) in [5.41, 5.74) is 2.06. The zero-order chi connectivity index (χ0) is 11.8. The molecule has 0 unspecified atom stereocenters.